The van der Waals surface area contributed by atoms with Gasteiger partial charge in [-0.25, -0.2) is 4.98 Å². The van der Waals surface area contributed by atoms with Crippen LogP contribution in [0.4, 0.5) is 4.39 Å². The predicted octanol–water partition coefficient (Wildman–Crippen LogP) is 2.51. The normalized spacial score (nSPS) is 10.3. The zero-order valence-corrected chi connectivity index (χ0v) is 8.44. The number of rotatable bonds is 2. The largest absolute Gasteiger partial charge is 0.261 e. The van der Waals surface area contributed by atoms with E-state index in [1.54, 1.807) is 18.3 Å². The van der Waals surface area contributed by atoms with Crippen LogP contribution in [-0.2, 0) is 6.42 Å². The van der Waals surface area contributed by atoms with Crippen molar-refractivity contribution in [1.29, 1.82) is 0 Å². The molecule has 0 saturated heterocycles. The van der Waals surface area contributed by atoms with Crippen LogP contribution in [-0.4, -0.2) is 9.97 Å². The summed E-state index contributed by atoms with van der Waals surface area (Å²) in [4.78, 5) is 8.02. The lowest BCUT2D eigenvalue weighted by Gasteiger charge is -2.00. The van der Waals surface area contributed by atoms with Crippen molar-refractivity contribution in [1.82, 2.24) is 9.97 Å². The highest BCUT2D eigenvalue weighted by Crippen LogP contribution is 2.06. The molecular formula is C12H11FN2. The molecule has 0 N–H and O–H groups in total. The maximum absolute atomic E-state index is 12.8. The van der Waals surface area contributed by atoms with Gasteiger partial charge in [0.25, 0.3) is 0 Å². The summed E-state index contributed by atoms with van der Waals surface area (Å²) in [5.74, 6) is -0.445. The Hall–Kier alpha value is -1.77. The summed E-state index contributed by atoms with van der Waals surface area (Å²) in [6, 6.07) is 8.71. The molecule has 3 heteroatoms. The topological polar surface area (TPSA) is 25.8 Å². The van der Waals surface area contributed by atoms with E-state index < -0.39 is 5.95 Å². The molecule has 76 valence electrons. The molecule has 2 rings (SSSR count). The Bertz CT molecular complexity index is 451. The molecule has 0 aromatic carbocycles. The zero-order chi connectivity index (χ0) is 10.7. The summed E-state index contributed by atoms with van der Waals surface area (Å²) in [6.07, 6.45) is 2.37. The van der Waals surface area contributed by atoms with Crippen LogP contribution >= 0.6 is 0 Å². The summed E-state index contributed by atoms with van der Waals surface area (Å²) in [7, 11) is 0. The SMILES string of the molecule is Cc1ccc(Cc2cccc(F)n2)nc1. The van der Waals surface area contributed by atoms with E-state index >= 15 is 0 Å². The predicted molar refractivity (Wildman–Crippen MR) is 56.0 cm³/mol. The lowest BCUT2D eigenvalue weighted by molar-refractivity contribution is 0.578. The van der Waals surface area contributed by atoms with Gasteiger partial charge in [-0.15, -0.1) is 0 Å². The number of hydrogen-bond acceptors (Lipinski definition) is 2. The van der Waals surface area contributed by atoms with Gasteiger partial charge in [0.05, 0.1) is 0 Å². The second-order valence-electron chi connectivity index (χ2n) is 3.46. The van der Waals surface area contributed by atoms with E-state index in [0.29, 0.717) is 12.1 Å². The first-order valence-corrected chi connectivity index (χ1v) is 4.77. The van der Waals surface area contributed by atoms with E-state index in [-0.39, 0.29) is 0 Å². The maximum atomic E-state index is 12.8. The molecule has 2 heterocycles. The Morgan fingerprint density at radius 2 is 2.00 bits per heavy atom. The van der Waals surface area contributed by atoms with Crippen molar-refractivity contribution in [3.8, 4) is 0 Å². The highest BCUT2D eigenvalue weighted by atomic mass is 19.1. The molecule has 0 radical (unpaired) electrons. The molecule has 0 spiro atoms. The van der Waals surface area contributed by atoms with Gasteiger partial charge < -0.3 is 0 Å². The summed E-state index contributed by atoms with van der Waals surface area (Å²) in [5.41, 5.74) is 2.72. The van der Waals surface area contributed by atoms with Gasteiger partial charge in [-0.05, 0) is 30.7 Å². The quantitative estimate of drug-likeness (QED) is 0.699. The van der Waals surface area contributed by atoms with Crippen molar-refractivity contribution in [3.05, 3.63) is 59.4 Å². The Morgan fingerprint density at radius 3 is 2.67 bits per heavy atom. The van der Waals surface area contributed by atoms with Gasteiger partial charge in [-0.2, -0.15) is 4.39 Å². The standard InChI is InChI=1S/C12H11FN2/c1-9-5-6-10(14-8-9)7-11-3-2-4-12(13)15-11/h2-6,8H,7H2,1H3. The molecular weight excluding hydrogens is 191 g/mol. The monoisotopic (exact) mass is 202 g/mol. The highest BCUT2D eigenvalue weighted by Gasteiger charge is 1.99. The average molecular weight is 202 g/mol. The second kappa shape index (κ2) is 4.17. The minimum absolute atomic E-state index is 0.445. The van der Waals surface area contributed by atoms with Crippen LogP contribution < -0.4 is 0 Å². The minimum atomic E-state index is -0.445. The van der Waals surface area contributed by atoms with Crippen molar-refractivity contribution in [3.63, 3.8) is 0 Å². The minimum Gasteiger partial charge on any atom is -0.261 e. The second-order valence-corrected chi connectivity index (χ2v) is 3.46. The molecule has 0 atom stereocenters. The van der Waals surface area contributed by atoms with Gasteiger partial charge in [0.1, 0.15) is 0 Å². The van der Waals surface area contributed by atoms with Crippen LogP contribution in [0.3, 0.4) is 0 Å². The van der Waals surface area contributed by atoms with Crippen molar-refractivity contribution >= 4 is 0 Å². The summed E-state index contributed by atoms with van der Waals surface area (Å²) >= 11 is 0. The fraction of sp³-hybridized carbons (Fsp3) is 0.167. The van der Waals surface area contributed by atoms with Crippen LogP contribution in [0, 0.1) is 12.9 Å². The number of hydrogen-bond donors (Lipinski definition) is 0. The Morgan fingerprint density at radius 1 is 1.13 bits per heavy atom. The van der Waals surface area contributed by atoms with Crippen LogP contribution in [0.15, 0.2) is 36.5 Å². The van der Waals surface area contributed by atoms with E-state index in [0.717, 1.165) is 11.3 Å². The number of aryl methyl sites for hydroxylation is 1. The third kappa shape index (κ3) is 2.59. The number of aromatic nitrogens is 2. The van der Waals surface area contributed by atoms with Crippen LogP contribution in [0.5, 0.6) is 0 Å². The van der Waals surface area contributed by atoms with E-state index in [1.165, 1.54) is 6.07 Å². The van der Waals surface area contributed by atoms with Gasteiger partial charge in [-0.1, -0.05) is 12.1 Å². The first-order valence-electron chi connectivity index (χ1n) is 4.77. The third-order valence-electron chi connectivity index (χ3n) is 2.11. The molecule has 0 aliphatic carbocycles. The molecule has 2 aromatic rings. The van der Waals surface area contributed by atoms with Gasteiger partial charge >= 0.3 is 0 Å². The number of nitrogens with zero attached hydrogens (tertiary/aromatic N) is 2. The van der Waals surface area contributed by atoms with Crippen molar-refractivity contribution in [2.45, 2.75) is 13.3 Å². The first-order chi connectivity index (χ1) is 7.24. The Kier molecular flexibility index (Phi) is 2.72. The fourth-order valence-electron chi connectivity index (χ4n) is 1.34. The zero-order valence-electron chi connectivity index (χ0n) is 8.44. The highest BCUT2D eigenvalue weighted by molar-refractivity contribution is 5.18. The van der Waals surface area contributed by atoms with Crippen LogP contribution in [0.25, 0.3) is 0 Å². The molecule has 0 saturated carbocycles. The summed E-state index contributed by atoms with van der Waals surface area (Å²) < 4.78 is 12.8. The van der Waals surface area contributed by atoms with Crippen molar-refractivity contribution in [2.24, 2.45) is 0 Å². The van der Waals surface area contributed by atoms with Gasteiger partial charge in [0, 0.05) is 24.0 Å². The summed E-state index contributed by atoms with van der Waals surface area (Å²) in [5, 5.41) is 0. The van der Waals surface area contributed by atoms with E-state index in [4.69, 9.17) is 0 Å². The fourth-order valence-corrected chi connectivity index (χ4v) is 1.34. The number of pyridine rings is 2. The van der Waals surface area contributed by atoms with Gasteiger partial charge in [0.2, 0.25) is 5.95 Å². The average Bonchev–Trinajstić information content (AvgIpc) is 2.22. The molecule has 0 aliphatic rings. The van der Waals surface area contributed by atoms with Gasteiger partial charge in [0.15, 0.2) is 0 Å². The molecule has 0 aliphatic heterocycles. The maximum Gasteiger partial charge on any atom is 0.213 e. The van der Waals surface area contributed by atoms with E-state index in [9.17, 15) is 4.39 Å². The Labute approximate surface area is 87.8 Å². The summed E-state index contributed by atoms with van der Waals surface area (Å²) in [6.45, 7) is 1.98. The van der Waals surface area contributed by atoms with Crippen molar-refractivity contribution in [2.75, 3.05) is 0 Å². The molecule has 0 amide bonds. The number of halogens is 1. The molecule has 0 fully saturated rings. The van der Waals surface area contributed by atoms with Crippen LogP contribution in [0.2, 0.25) is 0 Å². The van der Waals surface area contributed by atoms with Crippen molar-refractivity contribution < 1.29 is 4.39 Å². The van der Waals surface area contributed by atoms with Crippen LogP contribution in [0.1, 0.15) is 17.0 Å². The lowest BCUT2D eigenvalue weighted by atomic mass is 10.2. The third-order valence-corrected chi connectivity index (χ3v) is 2.11. The molecule has 2 nitrogen and oxygen atoms in total. The Balaban J connectivity index is 2.18. The molecule has 2 aromatic heterocycles. The van der Waals surface area contributed by atoms with E-state index in [2.05, 4.69) is 9.97 Å². The first kappa shape index (κ1) is 9.77. The van der Waals surface area contributed by atoms with Gasteiger partial charge in [-0.3, -0.25) is 4.98 Å². The molecule has 0 unspecified atom stereocenters. The molecule has 15 heavy (non-hydrogen) atoms. The smallest absolute Gasteiger partial charge is 0.213 e. The molecule has 0 bridgehead atoms. The lowest BCUT2D eigenvalue weighted by Crippen LogP contribution is -1.96. The van der Waals surface area contributed by atoms with E-state index in [1.807, 2.05) is 19.1 Å².